The molecule has 0 saturated carbocycles. The molecule has 0 unspecified atom stereocenters. The van der Waals surface area contributed by atoms with Crippen LogP contribution in [0.1, 0.15) is 20.8 Å². The zero-order valence-corrected chi connectivity index (χ0v) is 7.09. The quantitative estimate of drug-likeness (QED) is 0.584. The Bertz CT molecular complexity index is 111. The van der Waals surface area contributed by atoms with Gasteiger partial charge in [-0.15, -0.1) is 0 Å². The summed E-state index contributed by atoms with van der Waals surface area (Å²) in [6, 6.07) is 0. The summed E-state index contributed by atoms with van der Waals surface area (Å²) >= 11 is 0. The molecular formula is C8H17NO. The summed E-state index contributed by atoms with van der Waals surface area (Å²) in [6.07, 6.45) is 0. The molecule has 2 heteroatoms. The highest BCUT2D eigenvalue weighted by atomic mass is 16.3. The molecule has 0 atom stereocenters. The van der Waals surface area contributed by atoms with Crippen molar-refractivity contribution in [2.45, 2.75) is 26.3 Å². The predicted octanol–water partition coefficient (Wildman–Crippen LogP) is 0.709. The second kappa shape index (κ2) is 2.51. The Morgan fingerprint density at radius 2 is 1.90 bits per heavy atom. The van der Waals surface area contributed by atoms with Gasteiger partial charge in [0.2, 0.25) is 0 Å². The number of rotatable bonds is 1. The minimum Gasteiger partial charge on any atom is -0.396 e. The van der Waals surface area contributed by atoms with Crippen LogP contribution in [-0.2, 0) is 0 Å². The maximum absolute atomic E-state index is 8.74. The molecule has 1 N–H and O–H groups in total. The number of hydrogen-bond donors (Lipinski definition) is 1. The third kappa shape index (κ3) is 1.50. The molecule has 1 aliphatic rings. The lowest BCUT2D eigenvalue weighted by molar-refractivity contribution is -0.0106. The van der Waals surface area contributed by atoms with Crippen LogP contribution < -0.4 is 0 Å². The van der Waals surface area contributed by atoms with Crippen molar-refractivity contribution in [2.75, 3.05) is 19.7 Å². The minimum atomic E-state index is 0.297. The number of aliphatic hydroxyl groups excluding tert-OH is 1. The van der Waals surface area contributed by atoms with Gasteiger partial charge >= 0.3 is 0 Å². The van der Waals surface area contributed by atoms with Gasteiger partial charge < -0.3 is 5.11 Å². The number of nitrogens with zero attached hydrogens (tertiary/aromatic N) is 1. The van der Waals surface area contributed by atoms with E-state index in [2.05, 4.69) is 25.7 Å². The van der Waals surface area contributed by atoms with Gasteiger partial charge in [-0.25, -0.2) is 0 Å². The van der Waals surface area contributed by atoms with Gasteiger partial charge in [-0.3, -0.25) is 4.90 Å². The molecule has 0 radical (unpaired) electrons. The van der Waals surface area contributed by atoms with Gasteiger partial charge in [0.25, 0.3) is 0 Å². The van der Waals surface area contributed by atoms with Crippen molar-refractivity contribution in [1.82, 2.24) is 4.90 Å². The Morgan fingerprint density at radius 1 is 1.40 bits per heavy atom. The Hall–Kier alpha value is -0.0800. The standard InChI is InChI=1S/C8H17NO/c1-8(2,3)9-4-7(5-9)6-10/h7,10H,4-6H2,1-3H3. The van der Waals surface area contributed by atoms with Crippen LogP contribution in [0, 0.1) is 5.92 Å². The molecule has 60 valence electrons. The molecule has 0 aromatic carbocycles. The Labute approximate surface area is 62.8 Å². The van der Waals surface area contributed by atoms with Crippen LogP contribution >= 0.6 is 0 Å². The molecule has 1 fully saturated rings. The van der Waals surface area contributed by atoms with Crippen molar-refractivity contribution in [1.29, 1.82) is 0 Å². The van der Waals surface area contributed by atoms with Crippen LogP contribution in [0.25, 0.3) is 0 Å². The first-order valence-corrected chi connectivity index (χ1v) is 3.90. The fourth-order valence-corrected chi connectivity index (χ4v) is 1.23. The monoisotopic (exact) mass is 143 g/mol. The lowest BCUT2D eigenvalue weighted by Crippen LogP contribution is -2.56. The topological polar surface area (TPSA) is 23.5 Å². The average molecular weight is 143 g/mol. The highest BCUT2D eigenvalue weighted by molar-refractivity contribution is 4.87. The van der Waals surface area contributed by atoms with E-state index in [0.717, 1.165) is 13.1 Å². The van der Waals surface area contributed by atoms with E-state index in [-0.39, 0.29) is 0 Å². The van der Waals surface area contributed by atoms with Gasteiger partial charge in [-0.2, -0.15) is 0 Å². The maximum atomic E-state index is 8.74. The predicted molar refractivity (Wildman–Crippen MR) is 41.9 cm³/mol. The van der Waals surface area contributed by atoms with Crippen LogP contribution in [0.15, 0.2) is 0 Å². The highest BCUT2D eigenvalue weighted by Gasteiger charge is 2.33. The summed E-state index contributed by atoms with van der Waals surface area (Å²) in [5, 5.41) is 8.74. The zero-order chi connectivity index (χ0) is 7.78. The van der Waals surface area contributed by atoms with E-state index in [4.69, 9.17) is 5.11 Å². The summed E-state index contributed by atoms with van der Waals surface area (Å²) in [4.78, 5) is 2.38. The fraction of sp³-hybridized carbons (Fsp3) is 1.00. The summed E-state index contributed by atoms with van der Waals surface area (Å²) < 4.78 is 0. The van der Waals surface area contributed by atoms with Gasteiger partial charge in [-0.1, -0.05) is 0 Å². The summed E-state index contributed by atoms with van der Waals surface area (Å²) in [5.74, 6) is 0.541. The summed E-state index contributed by atoms with van der Waals surface area (Å²) in [5.41, 5.74) is 0.297. The first-order chi connectivity index (χ1) is 4.54. The second-order valence-electron chi connectivity index (χ2n) is 4.12. The molecule has 1 aliphatic heterocycles. The Kier molecular flexibility index (Phi) is 2.02. The minimum absolute atomic E-state index is 0.297. The van der Waals surface area contributed by atoms with E-state index in [9.17, 15) is 0 Å². The van der Waals surface area contributed by atoms with Crippen molar-refractivity contribution < 1.29 is 5.11 Å². The fourth-order valence-electron chi connectivity index (χ4n) is 1.23. The first-order valence-electron chi connectivity index (χ1n) is 3.90. The molecule has 0 aromatic heterocycles. The maximum Gasteiger partial charge on any atom is 0.0483 e. The number of aliphatic hydroxyl groups is 1. The normalized spacial score (nSPS) is 22.8. The smallest absolute Gasteiger partial charge is 0.0483 e. The lowest BCUT2D eigenvalue weighted by atomic mass is 9.93. The third-order valence-corrected chi connectivity index (χ3v) is 2.16. The summed E-state index contributed by atoms with van der Waals surface area (Å²) in [6.45, 7) is 9.12. The van der Waals surface area contributed by atoms with E-state index in [1.165, 1.54) is 0 Å². The Balaban J connectivity index is 2.26. The number of likely N-dealkylation sites (tertiary alicyclic amines) is 1. The first kappa shape index (κ1) is 8.02. The van der Waals surface area contributed by atoms with E-state index >= 15 is 0 Å². The molecule has 0 aromatic rings. The van der Waals surface area contributed by atoms with Gasteiger partial charge in [0.05, 0.1) is 0 Å². The molecule has 0 amide bonds. The summed E-state index contributed by atoms with van der Waals surface area (Å²) in [7, 11) is 0. The van der Waals surface area contributed by atoms with Crippen LogP contribution in [-0.4, -0.2) is 35.2 Å². The molecule has 10 heavy (non-hydrogen) atoms. The van der Waals surface area contributed by atoms with Crippen LogP contribution in [0.2, 0.25) is 0 Å². The van der Waals surface area contributed by atoms with Crippen LogP contribution in [0.5, 0.6) is 0 Å². The van der Waals surface area contributed by atoms with E-state index < -0.39 is 0 Å². The van der Waals surface area contributed by atoms with Gasteiger partial charge in [-0.05, 0) is 20.8 Å². The van der Waals surface area contributed by atoms with Crippen molar-refractivity contribution in [3.63, 3.8) is 0 Å². The van der Waals surface area contributed by atoms with Gasteiger partial charge in [0, 0.05) is 31.2 Å². The van der Waals surface area contributed by atoms with Crippen molar-refractivity contribution in [2.24, 2.45) is 5.92 Å². The molecule has 0 aliphatic carbocycles. The zero-order valence-electron chi connectivity index (χ0n) is 7.09. The van der Waals surface area contributed by atoms with Gasteiger partial charge in [0.1, 0.15) is 0 Å². The Morgan fingerprint density at radius 3 is 2.20 bits per heavy atom. The SMILES string of the molecule is CC(C)(C)N1CC(CO)C1. The molecule has 2 nitrogen and oxygen atoms in total. The molecular weight excluding hydrogens is 126 g/mol. The average Bonchev–Trinajstić information content (AvgIpc) is 1.57. The number of hydrogen-bond acceptors (Lipinski definition) is 2. The largest absolute Gasteiger partial charge is 0.396 e. The molecule has 0 bridgehead atoms. The second-order valence-corrected chi connectivity index (χ2v) is 4.12. The van der Waals surface area contributed by atoms with Crippen molar-refractivity contribution in [3.8, 4) is 0 Å². The lowest BCUT2D eigenvalue weighted by Gasteiger charge is -2.47. The molecule has 0 spiro atoms. The molecule has 1 rings (SSSR count). The van der Waals surface area contributed by atoms with Crippen molar-refractivity contribution >= 4 is 0 Å². The van der Waals surface area contributed by atoms with Gasteiger partial charge in [0.15, 0.2) is 0 Å². The third-order valence-electron chi connectivity index (χ3n) is 2.16. The molecule has 1 heterocycles. The van der Waals surface area contributed by atoms with Crippen LogP contribution in [0.3, 0.4) is 0 Å². The highest BCUT2D eigenvalue weighted by Crippen LogP contribution is 2.24. The molecule has 1 saturated heterocycles. The van der Waals surface area contributed by atoms with E-state index in [0.29, 0.717) is 18.1 Å². The van der Waals surface area contributed by atoms with Crippen molar-refractivity contribution in [3.05, 3.63) is 0 Å². The van der Waals surface area contributed by atoms with E-state index in [1.807, 2.05) is 0 Å². The van der Waals surface area contributed by atoms with Crippen LogP contribution in [0.4, 0.5) is 0 Å². The van der Waals surface area contributed by atoms with E-state index in [1.54, 1.807) is 0 Å².